The van der Waals surface area contributed by atoms with Crippen molar-refractivity contribution in [2.45, 2.75) is 25.4 Å². The van der Waals surface area contributed by atoms with Crippen molar-refractivity contribution in [3.05, 3.63) is 29.8 Å². The number of piperidine rings is 1. The summed E-state index contributed by atoms with van der Waals surface area (Å²) in [6, 6.07) is 8.86. The van der Waals surface area contributed by atoms with Crippen LogP contribution in [0.2, 0.25) is 0 Å². The first kappa shape index (κ1) is 14.0. The summed E-state index contributed by atoms with van der Waals surface area (Å²) >= 11 is 0. The second kappa shape index (κ2) is 6.68. The number of hydrogen-bond acceptors (Lipinski definition) is 5. The lowest BCUT2D eigenvalue weighted by molar-refractivity contribution is -0.134. The Labute approximate surface area is 116 Å². The normalized spacial score (nSPS) is 18.2. The van der Waals surface area contributed by atoms with Gasteiger partial charge in [-0.2, -0.15) is 5.26 Å². The van der Waals surface area contributed by atoms with E-state index in [9.17, 15) is 9.59 Å². The van der Waals surface area contributed by atoms with E-state index in [1.54, 1.807) is 12.1 Å². The van der Waals surface area contributed by atoms with Crippen LogP contribution < -0.4 is 15.4 Å². The van der Waals surface area contributed by atoms with E-state index in [4.69, 9.17) is 10.00 Å². The summed E-state index contributed by atoms with van der Waals surface area (Å²) in [6.45, 7) is 0.554. The summed E-state index contributed by atoms with van der Waals surface area (Å²) in [6.07, 6.45) is 0.887. The summed E-state index contributed by atoms with van der Waals surface area (Å²) in [4.78, 5) is 22.6. The highest BCUT2D eigenvalue weighted by atomic mass is 16.5. The predicted octanol–water partition coefficient (Wildman–Crippen LogP) is 0.484. The minimum atomic E-state index is -0.331. The van der Waals surface area contributed by atoms with Crippen molar-refractivity contribution in [3.8, 4) is 11.8 Å². The summed E-state index contributed by atoms with van der Waals surface area (Å²) in [5, 5.41) is 13.8. The highest BCUT2D eigenvalue weighted by Gasteiger charge is 2.25. The van der Waals surface area contributed by atoms with Crippen LogP contribution >= 0.6 is 0 Å². The number of nitriles is 1. The average Bonchev–Trinajstić information content (AvgIpc) is 2.45. The highest BCUT2D eigenvalue weighted by molar-refractivity contribution is 6.00. The van der Waals surface area contributed by atoms with Gasteiger partial charge < -0.3 is 10.1 Å². The number of carbonyl (C=O) groups excluding carboxylic acids is 2. The maximum atomic E-state index is 11.6. The maximum Gasteiger partial charge on any atom is 0.243 e. The lowest BCUT2D eigenvalue weighted by Crippen LogP contribution is -2.50. The number of nitrogens with zero attached hydrogens (tertiary/aromatic N) is 1. The first-order valence-electron chi connectivity index (χ1n) is 6.35. The Hall–Kier alpha value is -2.39. The first-order chi connectivity index (χ1) is 9.69. The van der Waals surface area contributed by atoms with Crippen LogP contribution in [0.15, 0.2) is 24.3 Å². The van der Waals surface area contributed by atoms with Crippen LogP contribution in [0, 0.1) is 11.3 Å². The van der Waals surface area contributed by atoms with Crippen molar-refractivity contribution < 1.29 is 14.3 Å². The molecule has 1 unspecified atom stereocenters. The molecule has 1 aliphatic heterocycles. The summed E-state index contributed by atoms with van der Waals surface area (Å²) in [5.74, 6) is 0.151. The van der Waals surface area contributed by atoms with Gasteiger partial charge in [0.2, 0.25) is 11.8 Å². The van der Waals surface area contributed by atoms with E-state index >= 15 is 0 Å². The molecule has 0 radical (unpaired) electrons. The van der Waals surface area contributed by atoms with E-state index in [0.717, 1.165) is 5.56 Å². The smallest absolute Gasteiger partial charge is 0.243 e. The Balaban J connectivity index is 1.83. The third kappa shape index (κ3) is 3.80. The molecular weight excluding hydrogens is 258 g/mol. The van der Waals surface area contributed by atoms with E-state index in [1.807, 2.05) is 18.2 Å². The van der Waals surface area contributed by atoms with Crippen LogP contribution in [0.3, 0.4) is 0 Å². The van der Waals surface area contributed by atoms with E-state index in [1.165, 1.54) is 0 Å². The molecule has 1 atom stereocenters. The van der Waals surface area contributed by atoms with Crippen molar-refractivity contribution in [1.29, 1.82) is 5.26 Å². The monoisotopic (exact) mass is 273 g/mol. The molecule has 0 spiro atoms. The SMILES string of the molecule is N#CCOc1ccc(CNC2CCC(=O)NC2=O)cc1. The molecule has 2 rings (SSSR count). The number of hydrogen-bond donors (Lipinski definition) is 2. The molecule has 1 heterocycles. The molecule has 6 heteroatoms. The number of benzene rings is 1. The lowest BCUT2D eigenvalue weighted by atomic mass is 10.1. The van der Waals surface area contributed by atoms with Gasteiger partial charge in [-0.3, -0.25) is 14.9 Å². The van der Waals surface area contributed by atoms with E-state index in [-0.39, 0.29) is 24.5 Å². The van der Waals surface area contributed by atoms with Gasteiger partial charge in [0.1, 0.15) is 11.8 Å². The van der Waals surface area contributed by atoms with Crippen LogP contribution in [0.25, 0.3) is 0 Å². The van der Waals surface area contributed by atoms with Gasteiger partial charge in [0.15, 0.2) is 6.61 Å². The van der Waals surface area contributed by atoms with Crippen LogP contribution in [0.5, 0.6) is 5.75 Å². The molecule has 1 aliphatic rings. The Morgan fingerprint density at radius 1 is 1.35 bits per heavy atom. The molecule has 0 bridgehead atoms. The molecule has 104 valence electrons. The predicted molar refractivity (Wildman–Crippen MR) is 70.6 cm³/mol. The van der Waals surface area contributed by atoms with Gasteiger partial charge in [0.05, 0.1) is 6.04 Å². The van der Waals surface area contributed by atoms with Gasteiger partial charge in [-0.1, -0.05) is 12.1 Å². The Morgan fingerprint density at radius 2 is 2.10 bits per heavy atom. The quantitative estimate of drug-likeness (QED) is 0.762. The first-order valence-corrected chi connectivity index (χ1v) is 6.35. The molecule has 1 aromatic carbocycles. The molecule has 2 amide bonds. The van der Waals surface area contributed by atoms with Crippen molar-refractivity contribution in [1.82, 2.24) is 10.6 Å². The topological polar surface area (TPSA) is 91.2 Å². The van der Waals surface area contributed by atoms with Gasteiger partial charge in [-0.05, 0) is 24.1 Å². The molecule has 20 heavy (non-hydrogen) atoms. The zero-order valence-electron chi connectivity index (χ0n) is 10.9. The van der Waals surface area contributed by atoms with E-state index in [2.05, 4.69) is 10.6 Å². The summed E-state index contributed by atoms with van der Waals surface area (Å²) < 4.78 is 5.15. The largest absolute Gasteiger partial charge is 0.479 e. The summed E-state index contributed by atoms with van der Waals surface area (Å²) in [7, 11) is 0. The molecule has 0 aliphatic carbocycles. The fourth-order valence-corrected chi connectivity index (χ4v) is 1.95. The van der Waals surface area contributed by atoms with Gasteiger partial charge in [0.25, 0.3) is 0 Å². The second-order valence-corrected chi connectivity index (χ2v) is 4.48. The molecule has 1 fully saturated rings. The minimum Gasteiger partial charge on any atom is -0.479 e. The third-order valence-electron chi connectivity index (χ3n) is 3.02. The van der Waals surface area contributed by atoms with Crippen molar-refractivity contribution >= 4 is 11.8 Å². The number of imide groups is 1. The number of amides is 2. The van der Waals surface area contributed by atoms with Crippen molar-refractivity contribution in [3.63, 3.8) is 0 Å². The molecule has 0 saturated carbocycles. The Morgan fingerprint density at radius 3 is 2.75 bits per heavy atom. The van der Waals surface area contributed by atoms with Gasteiger partial charge in [0, 0.05) is 13.0 Å². The molecule has 6 nitrogen and oxygen atoms in total. The lowest BCUT2D eigenvalue weighted by Gasteiger charge is -2.21. The van der Waals surface area contributed by atoms with Gasteiger partial charge in [-0.25, -0.2) is 0 Å². The van der Waals surface area contributed by atoms with E-state index in [0.29, 0.717) is 25.1 Å². The van der Waals surface area contributed by atoms with Gasteiger partial charge >= 0.3 is 0 Å². The highest BCUT2D eigenvalue weighted by Crippen LogP contribution is 2.12. The third-order valence-corrected chi connectivity index (χ3v) is 3.02. The molecule has 1 aromatic rings. The Bertz CT molecular complexity index is 534. The standard InChI is InChI=1S/C14H15N3O3/c15-7-8-20-11-3-1-10(2-4-11)9-16-12-5-6-13(18)17-14(12)19/h1-4,12,16H,5-6,8-9H2,(H,17,18,19). The number of ether oxygens (including phenoxy) is 1. The molecular formula is C14H15N3O3. The van der Waals surface area contributed by atoms with Crippen LogP contribution in [-0.2, 0) is 16.1 Å². The van der Waals surface area contributed by atoms with Crippen LogP contribution in [-0.4, -0.2) is 24.5 Å². The minimum absolute atomic E-state index is 0.0217. The average molecular weight is 273 g/mol. The maximum absolute atomic E-state index is 11.6. The summed E-state index contributed by atoms with van der Waals surface area (Å²) in [5.41, 5.74) is 0.999. The molecule has 0 aromatic heterocycles. The van der Waals surface area contributed by atoms with Crippen molar-refractivity contribution in [2.75, 3.05) is 6.61 Å². The fraction of sp³-hybridized carbons (Fsp3) is 0.357. The Kier molecular flexibility index (Phi) is 4.69. The zero-order valence-corrected chi connectivity index (χ0v) is 10.9. The molecule has 1 saturated heterocycles. The number of nitrogens with one attached hydrogen (secondary N) is 2. The van der Waals surface area contributed by atoms with Crippen molar-refractivity contribution in [2.24, 2.45) is 0 Å². The van der Waals surface area contributed by atoms with Crippen LogP contribution in [0.1, 0.15) is 18.4 Å². The van der Waals surface area contributed by atoms with Gasteiger partial charge in [-0.15, -0.1) is 0 Å². The fourth-order valence-electron chi connectivity index (χ4n) is 1.95. The number of rotatable bonds is 5. The zero-order chi connectivity index (χ0) is 14.4. The molecule has 2 N–H and O–H groups in total. The van der Waals surface area contributed by atoms with E-state index < -0.39 is 0 Å². The number of carbonyl (C=O) groups is 2. The second-order valence-electron chi connectivity index (χ2n) is 4.48. The van der Waals surface area contributed by atoms with Crippen LogP contribution in [0.4, 0.5) is 0 Å².